The molecule has 0 saturated carbocycles. The van der Waals surface area contributed by atoms with Crippen LogP contribution in [0.15, 0.2) is 42.5 Å². The number of hydrogen-bond acceptors (Lipinski definition) is 6. The van der Waals surface area contributed by atoms with Gasteiger partial charge >= 0.3 is 5.97 Å². The molecule has 0 bridgehead atoms. The van der Waals surface area contributed by atoms with Gasteiger partial charge in [0.15, 0.2) is 12.6 Å². The number of ether oxygens (including phenoxy) is 2. The normalized spacial score (nSPS) is 24.8. The lowest BCUT2D eigenvalue weighted by atomic mass is 9.98. The van der Waals surface area contributed by atoms with Crippen LogP contribution in [0.25, 0.3) is 0 Å². The number of β-lactam (4-membered cyclic amide) rings is 1. The Balaban J connectivity index is 1.58. The Labute approximate surface area is 149 Å². The summed E-state index contributed by atoms with van der Waals surface area (Å²) >= 11 is 1.46. The SMILES string of the molecule is C=C1CS[C@@H]2C(NC(=O)COc3ccccc3)C(=O)N2C1C(=O)OC. The van der Waals surface area contributed by atoms with Gasteiger partial charge in [-0.05, 0) is 17.7 Å². The summed E-state index contributed by atoms with van der Waals surface area (Å²) in [6.07, 6.45) is 0. The first-order valence-corrected chi connectivity index (χ1v) is 8.74. The van der Waals surface area contributed by atoms with Gasteiger partial charge in [0.05, 0.1) is 7.11 Å². The van der Waals surface area contributed by atoms with Crippen LogP contribution in [0.2, 0.25) is 0 Å². The zero-order valence-corrected chi connectivity index (χ0v) is 14.5. The van der Waals surface area contributed by atoms with E-state index < -0.39 is 18.1 Å². The van der Waals surface area contributed by atoms with Crippen molar-refractivity contribution >= 4 is 29.5 Å². The van der Waals surface area contributed by atoms with Crippen LogP contribution in [-0.2, 0) is 19.1 Å². The van der Waals surface area contributed by atoms with E-state index in [9.17, 15) is 14.4 Å². The van der Waals surface area contributed by atoms with Crippen molar-refractivity contribution < 1.29 is 23.9 Å². The second kappa shape index (κ2) is 7.18. The quantitative estimate of drug-likeness (QED) is 0.468. The molecule has 2 aliphatic rings. The van der Waals surface area contributed by atoms with Crippen LogP contribution < -0.4 is 10.1 Å². The van der Waals surface area contributed by atoms with E-state index in [2.05, 4.69) is 11.9 Å². The molecule has 1 aromatic carbocycles. The average molecular weight is 362 g/mol. The first kappa shape index (κ1) is 17.3. The molecule has 132 valence electrons. The number of nitrogens with zero attached hydrogens (tertiary/aromatic N) is 1. The minimum Gasteiger partial charge on any atom is -0.484 e. The predicted molar refractivity (Wildman–Crippen MR) is 91.9 cm³/mol. The Kier molecular flexibility index (Phi) is 4.98. The topological polar surface area (TPSA) is 84.9 Å². The smallest absolute Gasteiger partial charge is 0.332 e. The van der Waals surface area contributed by atoms with Crippen LogP contribution >= 0.6 is 11.8 Å². The highest BCUT2D eigenvalue weighted by atomic mass is 32.2. The van der Waals surface area contributed by atoms with Crippen LogP contribution in [0.4, 0.5) is 0 Å². The fourth-order valence-electron chi connectivity index (χ4n) is 2.81. The van der Waals surface area contributed by atoms with Crippen LogP contribution in [-0.4, -0.2) is 59.6 Å². The molecule has 1 N–H and O–H groups in total. The van der Waals surface area contributed by atoms with E-state index >= 15 is 0 Å². The summed E-state index contributed by atoms with van der Waals surface area (Å²) in [6, 6.07) is 7.49. The number of benzene rings is 1. The molecule has 0 aliphatic carbocycles. The third kappa shape index (κ3) is 3.34. The molecule has 3 rings (SSSR count). The molecular formula is C17H18N2O5S. The van der Waals surface area contributed by atoms with E-state index in [1.807, 2.05) is 6.07 Å². The molecule has 2 saturated heterocycles. The van der Waals surface area contributed by atoms with Crippen molar-refractivity contribution in [1.29, 1.82) is 0 Å². The third-order valence-electron chi connectivity index (χ3n) is 4.04. The van der Waals surface area contributed by atoms with Crippen molar-refractivity contribution in [3.05, 3.63) is 42.5 Å². The first-order valence-electron chi connectivity index (χ1n) is 7.69. The van der Waals surface area contributed by atoms with Crippen molar-refractivity contribution in [1.82, 2.24) is 10.2 Å². The molecule has 1 aromatic rings. The van der Waals surface area contributed by atoms with Gasteiger partial charge in [0, 0.05) is 5.75 Å². The maximum Gasteiger partial charge on any atom is 0.332 e. The van der Waals surface area contributed by atoms with Gasteiger partial charge < -0.3 is 19.7 Å². The number of para-hydroxylation sites is 1. The van der Waals surface area contributed by atoms with E-state index in [4.69, 9.17) is 9.47 Å². The Morgan fingerprint density at radius 1 is 1.36 bits per heavy atom. The standard InChI is InChI=1S/C17H18N2O5S/c1-10-9-25-16-13(15(21)19(16)14(10)17(22)23-2)18-12(20)8-24-11-6-4-3-5-7-11/h3-7,13-14,16H,1,8-9H2,2H3,(H,18,20)/t13?,14?,16-/m1/s1. The number of rotatable bonds is 5. The number of esters is 1. The molecule has 2 heterocycles. The van der Waals surface area contributed by atoms with Gasteiger partial charge in [-0.2, -0.15) is 0 Å². The highest BCUT2D eigenvalue weighted by molar-refractivity contribution is 8.00. The predicted octanol–water partition coefficient (Wildman–Crippen LogP) is 0.563. The number of carbonyl (C=O) groups excluding carboxylic acids is 3. The minimum atomic E-state index is -0.780. The molecule has 2 fully saturated rings. The molecule has 8 heteroatoms. The number of thioether (sulfide) groups is 1. The van der Waals surface area contributed by atoms with Crippen LogP contribution in [0.1, 0.15) is 0 Å². The number of fused-ring (bicyclic) bond motifs is 1. The highest BCUT2D eigenvalue weighted by Gasteiger charge is 2.56. The molecule has 25 heavy (non-hydrogen) atoms. The number of carbonyl (C=O) groups is 3. The van der Waals surface area contributed by atoms with E-state index in [0.29, 0.717) is 17.1 Å². The Hall–Kier alpha value is -2.48. The zero-order chi connectivity index (χ0) is 18.0. The average Bonchev–Trinajstić information content (AvgIpc) is 2.64. The van der Waals surface area contributed by atoms with Gasteiger partial charge in [-0.25, -0.2) is 4.79 Å². The molecular weight excluding hydrogens is 344 g/mol. The van der Waals surface area contributed by atoms with E-state index in [1.54, 1.807) is 24.3 Å². The maximum absolute atomic E-state index is 12.4. The lowest BCUT2D eigenvalue weighted by molar-refractivity contribution is -0.162. The Morgan fingerprint density at radius 3 is 2.76 bits per heavy atom. The number of hydrogen-bond donors (Lipinski definition) is 1. The maximum atomic E-state index is 12.4. The van der Waals surface area contributed by atoms with E-state index in [0.717, 1.165) is 0 Å². The molecule has 7 nitrogen and oxygen atoms in total. The molecule has 2 amide bonds. The van der Waals surface area contributed by atoms with Crippen molar-refractivity contribution in [2.24, 2.45) is 0 Å². The number of nitrogens with one attached hydrogen (secondary N) is 1. The molecule has 2 aliphatic heterocycles. The van der Waals surface area contributed by atoms with Crippen molar-refractivity contribution in [2.45, 2.75) is 17.5 Å². The minimum absolute atomic E-state index is 0.182. The van der Waals surface area contributed by atoms with Gasteiger partial charge in [-0.1, -0.05) is 24.8 Å². The molecule has 3 atom stereocenters. The molecule has 2 unspecified atom stereocenters. The van der Waals surface area contributed by atoms with Gasteiger partial charge in [0.2, 0.25) is 5.91 Å². The fraction of sp³-hybridized carbons (Fsp3) is 0.353. The monoisotopic (exact) mass is 362 g/mol. The first-order chi connectivity index (χ1) is 12.0. The van der Waals surface area contributed by atoms with Crippen molar-refractivity contribution in [3.8, 4) is 5.75 Å². The van der Waals surface area contributed by atoms with E-state index in [1.165, 1.54) is 23.8 Å². The largest absolute Gasteiger partial charge is 0.484 e. The summed E-state index contributed by atoms with van der Waals surface area (Å²) in [4.78, 5) is 37.8. The van der Waals surface area contributed by atoms with Crippen LogP contribution in [0.5, 0.6) is 5.75 Å². The summed E-state index contributed by atoms with van der Waals surface area (Å²) in [5.41, 5.74) is 0.624. The molecule has 0 aromatic heterocycles. The summed E-state index contributed by atoms with van der Waals surface area (Å²) < 4.78 is 10.1. The van der Waals surface area contributed by atoms with Gasteiger partial charge in [-0.15, -0.1) is 11.8 Å². The van der Waals surface area contributed by atoms with Gasteiger partial charge in [-0.3, -0.25) is 9.59 Å². The van der Waals surface area contributed by atoms with Crippen LogP contribution in [0, 0.1) is 0 Å². The Bertz CT molecular complexity index is 700. The fourth-order valence-corrected chi connectivity index (χ4v) is 4.12. The second-order valence-corrected chi connectivity index (χ2v) is 6.78. The number of amides is 2. The summed E-state index contributed by atoms with van der Waals surface area (Å²) in [7, 11) is 1.27. The van der Waals surface area contributed by atoms with Crippen molar-refractivity contribution in [3.63, 3.8) is 0 Å². The highest BCUT2D eigenvalue weighted by Crippen LogP contribution is 2.40. The summed E-state index contributed by atoms with van der Waals surface area (Å²) in [5.74, 6) is -0.112. The summed E-state index contributed by atoms with van der Waals surface area (Å²) in [5, 5.41) is 2.37. The lowest BCUT2D eigenvalue weighted by Crippen LogP contribution is -2.74. The van der Waals surface area contributed by atoms with Crippen molar-refractivity contribution in [2.75, 3.05) is 19.5 Å². The lowest BCUT2D eigenvalue weighted by Gasteiger charge is -2.52. The van der Waals surface area contributed by atoms with E-state index in [-0.39, 0.29) is 23.8 Å². The van der Waals surface area contributed by atoms with Gasteiger partial charge in [0.25, 0.3) is 5.91 Å². The second-order valence-electron chi connectivity index (χ2n) is 5.68. The van der Waals surface area contributed by atoms with Gasteiger partial charge in [0.1, 0.15) is 17.2 Å². The molecule has 0 spiro atoms. The third-order valence-corrected chi connectivity index (χ3v) is 5.42. The Morgan fingerprint density at radius 2 is 2.08 bits per heavy atom. The van der Waals surface area contributed by atoms with Crippen LogP contribution in [0.3, 0.4) is 0 Å². The summed E-state index contributed by atoms with van der Waals surface area (Å²) in [6.45, 7) is 3.66. The zero-order valence-electron chi connectivity index (χ0n) is 13.6. The number of methoxy groups -OCH3 is 1. The molecule has 0 radical (unpaired) electrons.